The van der Waals surface area contributed by atoms with Gasteiger partial charge in [0.1, 0.15) is 11.2 Å². The molecule has 0 saturated heterocycles. The van der Waals surface area contributed by atoms with Crippen molar-refractivity contribution in [3.8, 4) is 11.3 Å². The van der Waals surface area contributed by atoms with Gasteiger partial charge in [0, 0.05) is 30.6 Å². The molecule has 0 unspecified atom stereocenters. The molecular formula is C20H21N5O. The molecule has 0 fully saturated rings. The second-order valence-electron chi connectivity index (χ2n) is 6.87. The first-order valence-corrected chi connectivity index (χ1v) is 8.68. The largest absolute Gasteiger partial charge is 0.352 e. The van der Waals surface area contributed by atoms with Crippen molar-refractivity contribution in [1.82, 2.24) is 24.8 Å². The zero-order valence-corrected chi connectivity index (χ0v) is 15.1. The average molecular weight is 347 g/mol. The number of carbonyl (C=O) groups is 1. The molecule has 0 aliphatic carbocycles. The van der Waals surface area contributed by atoms with E-state index in [4.69, 9.17) is 0 Å². The van der Waals surface area contributed by atoms with Gasteiger partial charge in [-0.1, -0.05) is 32.0 Å². The van der Waals surface area contributed by atoms with Crippen molar-refractivity contribution in [2.45, 2.75) is 20.4 Å². The van der Waals surface area contributed by atoms with Crippen LogP contribution in [0, 0.1) is 5.92 Å². The van der Waals surface area contributed by atoms with E-state index in [0.717, 1.165) is 38.9 Å². The van der Waals surface area contributed by atoms with Crippen LogP contribution >= 0.6 is 0 Å². The minimum atomic E-state index is -0.0146. The summed E-state index contributed by atoms with van der Waals surface area (Å²) in [7, 11) is 1.99. The van der Waals surface area contributed by atoms with Gasteiger partial charge in [0.2, 0.25) is 5.91 Å². The molecule has 132 valence electrons. The number of H-pyrrole nitrogens is 1. The van der Waals surface area contributed by atoms with Gasteiger partial charge in [-0.15, -0.1) is 0 Å². The van der Waals surface area contributed by atoms with Crippen LogP contribution in [0.5, 0.6) is 0 Å². The molecule has 3 aromatic heterocycles. The molecule has 1 amide bonds. The van der Waals surface area contributed by atoms with Crippen molar-refractivity contribution in [1.29, 1.82) is 0 Å². The number of benzene rings is 1. The van der Waals surface area contributed by atoms with E-state index in [-0.39, 0.29) is 11.8 Å². The Hall–Kier alpha value is -3.15. The van der Waals surface area contributed by atoms with Gasteiger partial charge in [-0.25, -0.2) is 9.97 Å². The monoisotopic (exact) mass is 347 g/mol. The number of carbonyl (C=O) groups excluding carboxylic acids is 1. The number of pyridine rings is 1. The van der Waals surface area contributed by atoms with Crippen molar-refractivity contribution in [3.63, 3.8) is 0 Å². The molecule has 1 aromatic carbocycles. The zero-order valence-electron chi connectivity index (χ0n) is 15.1. The van der Waals surface area contributed by atoms with Crippen LogP contribution in [0.4, 0.5) is 0 Å². The fourth-order valence-corrected chi connectivity index (χ4v) is 3.12. The quantitative estimate of drug-likeness (QED) is 0.594. The van der Waals surface area contributed by atoms with Crippen molar-refractivity contribution in [2.75, 3.05) is 0 Å². The van der Waals surface area contributed by atoms with E-state index in [0.29, 0.717) is 6.54 Å². The summed E-state index contributed by atoms with van der Waals surface area (Å²) in [4.78, 5) is 24.0. The van der Waals surface area contributed by atoms with Gasteiger partial charge in [-0.3, -0.25) is 4.79 Å². The average Bonchev–Trinajstić information content (AvgIpc) is 3.23. The summed E-state index contributed by atoms with van der Waals surface area (Å²) in [5.41, 5.74) is 5.92. The van der Waals surface area contributed by atoms with E-state index in [1.807, 2.05) is 37.6 Å². The van der Waals surface area contributed by atoms with Gasteiger partial charge in [0.25, 0.3) is 0 Å². The molecule has 2 N–H and O–H groups in total. The first-order valence-electron chi connectivity index (χ1n) is 8.68. The lowest BCUT2D eigenvalue weighted by Crippen LogP contribution is -2.27. The highest BCUT2D eigenvalue weighted by molar-refractivity contribution is 6.03. The van der Waals surface area contributed by atoms with E-state index in [1.54, 1.807) is 12.5 Å². The Labute approximate surface area is 151 Å². The van der Waals surface area contributed by atoms with Crippen LogP contribution in [0.2, 0.25) is 0 Å². The second kappa shape index (κ2) is 6.29. The fraction of sp³-hybridized carbons (Fsp3) is 0.250. The highest BCUT2D eigenvalue weighted by Gasteiger charge is 2.11. The Balaban J connectivity index is 1.69. The number of hydrogen-bond donors (Lipinski definition) is 2. The highest BCUT2D eigenvalue weighted by Crippen LogP contribution is 2.28. The lowest BCUT2D eigenvalue weighted by molar-refractivity contribution is -0.124. The molecule has 0 saturated carbocycles. The molecule has 4 rings (SSSR count). The smallest absolute Gasteiger partial charge is 0.222 e. The van der Waals surface area contributed by atoms with Crippen molar-refractivity contribution in [3.05, 3.63) is 48.4 Å². The summed E-state index contributed by atoms with van der Waals surface area (Å²) in [6.45, 7) is 4.31. The normalized spacial score (nSPS) is 11.5. The number of aryl methyl sites for hydroxylation is 1. The molecule has 0 bridgehead atoms. The minimum Gasteiger partial charge on any atom is -0.352 e. The van der Waals surface area contributed by atoms with Crippen molar-refractivity contribution in [2.24, 2.45) is 13.0 Å². The van der Waals surface area contributed by atoms with Crippen LogP contribution in [-0.4, -0.2) is 25.4 Å². The summed E-state index contributed by atoms with van der Waals surface area (Å²) >= 11 is 0. The van der Waals surface area contributed by atoms with Crippen molar-refractivity contribution >= 4 is 28.0 Å². The van der Waals surface area contributed by atoms with Crippen LogP contribution in [0.1, 0.15) is 19.4 Å². The number of hydrogen-bond acceptors (Lipinski definition) is 3. The number of aromatic nitrogens is 4. The molecule has 0 spiro atoms. The Kier molecular flexibility index (Phi) is 3.95. The number of imidazole rings is 1. The van der Waals surface area contributed by atoms with Gasteiger partial charge >= 0.3 is 0 Å². The Morgan fingerprint density at radius 2 is 2.12 bits per heavy atom. The number of rotatable bonds is 4. The van der Waals surface area contributed by atoms with Crippen LogP contribution in [-0.2, 0) is 18.4 Å². The third-order valence-electron chi connectivity index (χ3n) is 4.56. The first-order chi connectivity index (χ1) is 12.5. The first kappa shape index (κ1) is 16.3. The van der Waals surface area contributed by atoms with E-state index in [1.165, 1.54) is 0 Å². The Morgan fingerprint density at radius 1 is 1.27 bits per heavy atom. The predicted molar refractivity (Wildman–Crippen MR) is 102 cm³/mol. The fourth-order valence-electron chi connectivity index (χ4n) is 3.12. The number of amides is 1. The molecule has 0 aliphatic rings. The summed E-state index contributed by atoms with van der Waals surface area (Å²) < 4.78 is 2.01. The topological polar surface area (TPSA) is 75.6 Å². The molecule has 4 aromatic rings. The predicted octanol–water partition coefficient (Wildman–Crippen LogP) is 3.39. The minimum absolute atomic E-state index is 0.0146. The third-order valence-corrected chi connectivity index (χ3v) is 4.56. The van der Waals surface area contributed by atoms with Crippen molar-refractivity contribution < 1.29 is 4.79 Å². The van der Waals surface area contributed by atoms with Crippen LogP contribution in [0.15, 0.2) is 42.9 Å². The molecule has 0 aliphatic heterocycles. The van der Waals surface area contributed by atoms with E-state index in [2.05, 4.69) is 38.5 Å². The molecular weight excluding hydrogens is 326 g/mol. The number of nitrogens with zero attached hydrogens (tertiary/aromatic N) is 3. The number of fused-ring (bicyclic) bond motifs is 3. The van der Waals surface area contributed by atoms with E-state index < -0.39 is 0 Å². The van der Waals surface area contributed by atoms with Crippen LogP contribution < -0.4 is 5.32 Å². The molecule has 6 heteroatoms. The van der Waals surface area contributed by atoms with Gasteiger partial charge < -0.3 is 14.9 Å². The highest BCUT2D eigenvalue weighted by atomic mass is 16.1. The van der Waals surface area contributed by atoms with Gasteiger partial charge in [-0.2, -0.15) is 0 Å². The number of nitrogens with one attached hydrogen (secondary N) is 2. The standard InChI is InChI=1S/C20H21N5O/c1-12(2)20(26)22-9-13-5-4-6-14(7-13)16-8-15-18-17(23-11-25(18)3)10-21-19(15)24-16/h4-8,10-12H,9H2,1-3H3,(H,21,24)(H,22,26). The summed E-state index contributed by atoms with van der Waals surface area (Å²) in [5, 5.41) is 4.01. The lowest BCUT2D eigenvalue weighted by Gasteiger charge is -2.08. The molecule has 0 radical (unpaired) electrons. The maximum Gasteiger partial charge on any atom is 0.222 e. The summed E-state index contributed by atoms with van der Waals surface area (Å²) in [5.74, 6) is 0.0445. The molecule has 0 atom stereocenters. The third kappa shape index (κ3) is 2.83. The van der Waals surface area contributed by atoms with Gasteiger partial charge in [-0.05, 0) is 23.3 Å². The summed E-state index contributed by atoms with van der Waals surface area (Å²) in [6.07, 6.45) is 3.59. The Morgan fingerprint density at radius 3 is 2.92 bits per heavy atom. The lowest BCUT2D eigenvalue weighted by atomic mass is 10.1. The maximum absolute atomic E-state index is 11.8. The van der Waals surface area contributed by atoms with Crippen LogP contribution in [0.3, 0.4) is 0 Å². The summed E-state index contributed by atoms with van der Waals surface area (Å²) in [6, 6.07) is 10.3. The Bertz CT molecular complexity index is 1110. The number of aromatic amines is 1. The molecule has 6 nitrogen and oxygen atoms in total. The maximum atomic E-state index is 11.8. The van der Waals surface area contributed by atoms with Gasteiger partial charge in [0.05, 0.1) is 18.0 Å². The van der Waals surface area contributed by atoms with E-state index >= 15 is 0 Å². The zero-order chi connectivity index (χ0) is 18.3. The van der Waals surface area contributed by atoms with E-state index in [9.17, 15) is 4.79 Å². The molecule has 3 heterocycles. The van der Waals surface area contributed by atoms with Crippen LogP contribution in [0.25, 0.3) is 33.3 Å². The molecule has 26 heavy (non-hydrogen) atoms. The van der Waals surface area contributed by atoms with Gasteiger partial charge in [0.15, 0.2) is 0 Å². The second-order valence-corrected chi connectivity index (χ2v) is 6.87. The SMILES string of the molecule is CC(C)C(=O)NCc1cccc(-c2cc3c(ncc4ncn(C)c43)[nH]2)c1.